The molecule has 1 heterocycles. The molecule has 2 aromatic carbocycles. The molecule has 1 aliphatic rings. The molecule has 2 aromatic rings. The van der Waals surface area contributed by atoms with Gasteiger partial charge < -0.3 is 0 Å². The SMILES string of the molecule is CCCCP1(c2ccccc2)(c2ccccc2)CCCC1. The van der Waals surface area contributed by atoms with Gasteiger partial charge in [0, 0.05) is 0 Å². The molecule has 0 N–H and O–H groups in total. The predicted molar refractivity (Wildman–Crippen MR) is 97.8 cm³/mol. The fourth-order valence-electron chi connectivity index (χ4n) is 4.42. The molecule has 0 unspecified atom stereocenters. The quantitative estimate of drug-likeness (QED) is 0.697. The Morgan fingerprint density at radius 1 is 0.762 bits per heavy atom. The second-order valence-electron chi connectivity index (χ2n) is 6.63. The first-order valence-corrected chi connectivity index (χ1v) is 11.2. The predicted octanol–water partition coefficient (Wildman–Crippen LogP) is 4.78. The van der Waals surface area contributed by atoms with Gasteiger partial charge in [-0.25, -0.2) is 0 Å². The summed E-state index contributed by atoms with van der Waals surface area (Å²) in [6.45, 7) is 0.382. The molecule has 1 saturated heterocycles. The van der Waals surface area contributed by atoms with Crippen LogP contribution >= 0.6 is 6.60 Å². The Labute approximate surface area is 129 Å². The first-order chi connectivity index (χ1) is 10.3. The molecule has 0 amide bonds. The molecule has 0 saturated carbocycles. The molecule has 0 aromatic heterocycles. The average molecular weight is 298 g/mol. The first kappa shape index (κ1) is 14.8. The van der Waals surface area contributed by atoms with E-state index >= 15 is 0 Å². The van der Waals surface area contributed by atoms with Crippen LogP contribution < -0.4 is 10.6 Å². The van der Waals surface area contributed by atoms with Gasteiger partial charge >= 0.3 is 129 Å². The molecule has 0 atom stereocenters. The monoisotopic (exact) mass is 298 g/mol. The summed E-state index contributed by atoms with van der Waals surface area (Å²) < 4.78 is 0. The summed E-state index contributed by atoms with van der Waals surface area (Å²) in [6.07, 6.45) is 9.76. The third-order valence-electron chi connectivity index (χ3n) is 5.56. The van der Waals surface area contributed by atoms with Crippen molar-refractivity contribution in [2.45, 2.75) is 32.6 Å². The van der Waals surface area contributed by atoms with Gasteiger partial charge in [0.2, 0.25) is 0 Å². The van der Waals surface area contributed by atoms with Crippen LogP contribution in [0.1, 0.15) is 32.6 Å². The van der Waals surface area contributed by atoms with Crippen LogP contribution in [0, 0.1) is 0 Å². The number of hydrogen-bond acceptors (Lipinski definition) is 0. The summed E-state index contributed by atoms with van der Waals surface area (Å²) in [5, 5.41) is 3.33. The molecule has 3 rings (SSSR count). The Morgan fingerprint density at radius 3 is 1.67 bits per heavy atom. The van der Waals surface area contributed by atoms with Crippen LogP contribution in [0.25, 0.3) is 0 Å². The number of hydrogen-bond donors (Lipinski definition) is 0. The first-order valence-electron chi connectivity index (χ1n) is 8.42. The van der Waals surface area contributed by atoms with Crippen LogP contribution in [0.5, 0.6) is 0 Å². The van der Waals surface area contributed by atoms with Crippen LogP contribution in [0.4, 0.5) is 0 Å². The van der Waals surface area contributed by atoms with E-state index in [4.69, 9.17) is 0 Å². The second-order valence-corrected chi connectivity index (χ2v) is 12.5. The van der Waals surface area contributed by atoms with Gasteiger partial charge in [-0.05, 0) is 0 Å². The van der Waals surface area contributed by atoms with Crippen molar-refractivity contribution in [3.63, 3.8) is 0 Å². The summed E-state index contributed by atoms with van der Waals surface area (Å²) in [7, 11) is 0. The van der Waals surface area contributed by atoms with E-state index in [1.807, 2.05) is 0 Å². The number of unbranched alkanes of at least 4 members (excludes halogenated alkanes) is 1. The molecule has 21 heavy (non-hydrogen) atoms. The zero-order chi connectivity index (χ0) is 14.6. The summed E-state index contributed by atoms with van der Waals surface area (Å²) >= 11 is 0. The van der Waals surface area contributed by atoms with Crippen LogP contribution in [-0.4, -0.2) is 18.5 Å². The number of rotatable bonds is 5. The van der Waals surface area contributed by atoms with Gasteiger partial charge in [0.15, 0.2) is 0 Å². The van der Waals surface area contributed by atoms with Crippen molar-refractivity contribution in [2.24, 2.45) is 0 Å². The molecule has 1 heteroatoms. The van der Waals surface area contributed by atoms with E-state index in [9.17, 15) is 0 Å². The summed E-state index contributed by atoms with van der Waals surface area (Å²) in [4.78, 5) is 0. The third-order valence-corrected chi connectivity index (χ3v) is 13.1. The zero-order valence-electron chi connectivity index (χ0n) is 13.2. The Morgan fingerprint density at radius 2 is 1.24 bits per heavy atom. The molecule has 0 bridgehead atoms. The normalized spacial score (nSPS) is 21.5. The van der Waals surface area contributed by atoms with Gasteiger partial charge in [0.05, 0.1) is 0 Å². The Kier molecular flexibility index (Phi) is 4.18. The molecule has 1 aliphatic heterocycles. The van der Waals surface area contributed by atoms with Crippen molar-refractivity contribution in [1.29, 1.82) is 0 Å². The van der Waals surface area contributed by atoms with E-state index in [-0.39, 0.29) is 0 Å². The molecule has 0 spiro atoms. The average Bonchev–Trinajstić information content (AvgIpc) is 3.02. The Bertz CT molecular complexity index is 524. The standard InChI is InChI=1S/C20H27P/c1-2-3-16-21(17-10-11-18-21,19-12-6-4-7-13-19)20-14-8-5-9-15-20/h4-9,12-15H,2-3,10-11,16-18H2,1H3. The van der Waals surface area contributed by atoms with Crippen LogP contribution in [0.3, 0.4) is 0 Å². The van der Waals surface area contributed by atoms with Gasteiger partial charge in [0.1, 0.15) is 0 Å². The van der Waals surface area contributed by atoms with Crippen molar-refractivity contribution in [2.75, 3.05) is 18.5 Å². The fraction of sp³-hybridized carbons (Fsp3) is 0.400. The Balaban J connectivity index is 2.22. The minimum atomic E-state index is -1.95. The van der Waals surface area contributed by atoms with Gasteiger partial charge in [0.25, 0.3) is 0 Å². The summed E-state index contributed by atoms with van der Waals surface area (Å²) in [6, 6.07) is 23.0. The summed E-state index contributed by atoms with van der Waals surface area (Å²) in [5.41, 5.74) is 0. The van der Waals surface area contributed by atoms with Crippen molar-refractivity contribution >= 4 is 17.2 Å². The van der Waals surface area contributed by atoms with E-state index < -0.39 is 6.60 Å². The third kappa shape index (κ3) is 2.34. The van der Waals surface area contributed by atoms with Gasteiger partial charge in [-0.2, -0.15) is 0 Å². The Hall–Kier alpha value is -1.13. The second kappa shape index (κ2) is 5.93. The van der Waals surface area contributed by atoms with Crippen molar-refractivity contribution < 1.29 is 0 Å². The number of benzene rings is 2. The van der Waals surface area contributed by atoms with E-state index in [0.29, 0.717) is 0 Å². The van der Waals surface area contributed by atoms with Crippen LogP contribution in [0.15, 0.2) is 60.7 Å². The van der Waals surface area contributed by atoms with Crippen molar-refractivity contribution in [3.05, 3.63) is 60.7 Å². The minimum absolute atomic E-state index is 1.30. The molecule has 112 valence electrons. The van der Waals surface area contributed by atoms with Crippen molar-refractivity contribution in [3.8, 4) is 0 Å². The molecular formula is C20H27P. The van der Waals surface area contributed by atoms with E-state index in [0.717, 1.165) is 0 Å². The van der Waals surface area contributed by atoms with E-state index in [2.05, 4.69) is 67.6 Å². The molecular weight excluding hydrogens is 271 g/mol. The topological polar surface area (TPSA) is 0 Å². The molecule has 1 fully saturated rings. The molecule has 0 aliphatic carbocycles. The fourth-order valence-corrected chi connectivity index (χ4v) is 11.9. The zero-order valence-corrected chi connectivity index (χ0v) is 14.1. The maximum atomic E-state index is 2.42. The van der Waals surface area contributed by atoms with E-state index in [1.165, 1.54) is 44.2 Å². The summed E-state index contributed by atoms with van der Waals surface area (Å²) in [5.74, 6) is 0. The van der Waals surface area contributed by atoms with E-state index in [1.54, 1.807) is 10.6 Å². The maximum absolute atomic E-state index is 2.42. The van der Waals surface area contributed by atoms with Gasteiger partial charge in [-0.15, -0.1) is 0 Å². The molecule has 0 radical (unpaired) electrons. The van der Waals surface area contributed by atoms with Crippen molar-refractivity contribution in [1.82, 2.24) is 0 Å². The van der Waals surface area contributed by atoms with Gasteiger partial charge in [-0.1, -0.05) is 0 Å². The van der Waals surface area contributed by atoms with Crippen LogP contribution in [-0.2, 0) is 0 Å². The van der Waals surface area contributed by atoms with Gasteiger partial charge in [-0.3, -0.25) is 0 Å². The molecule has 0 nitrogen and oxygen atoms in total. The van der Waals surface area contributed by atoms with Crippen LogP contribution in [0.2, 0.25) is 0 Å².